The Kier molecular flexibility index (Phi) is 4.51. The molecule has 1 aromatic carbocycles. The Bertz CT molecular complexity index is 764. The van der Waals surface area contributed by atoms with E-state index in [9.17, 15) is 9.59 Å². The number of para-hydroxylation sites is 1. The van der Waals surface area contributed by atoms with Crippen molar-refractivity contribution in [2.24, 2.45) is 5.92 Å². The summed E-state index contributed by atoms with van der Waals surface area (Å²) in [6, 6.07) is 9.65. The van der Waals surface area contributed by atoms with Gasteiger partial charge in [0.15, 0.2) is 0 Å². The molecule has 2 heterocycles. The molecule has 0 aliphatic carbocycles. The van der Waals surface area contributed by atoms with Gasteiger partial charge in [-0.25, -0.2) is 4.68 Å². The molecule has 0 radical (unpaired) electrons. The molecular weight excluding hydrogens is 302 g/mol. The number of benzene rings is 1. The average Bonchev–Trinajstić information content (AvgIpc) is 2.89. The molecule has 0 N–H and O–H groups in total. The van der Waals surface area contributed by atoms with Crippen molar-refractivity contribution in [2.75, 3.05) is 13.1 Å². The first-order valence-electron chi connectivity index (χ1n) is 8.44. The van der Waals surface area contributed by atoms with Gasteiger partial charge in [-0.15, -0.1) is 0 Å². The topological polar surface area (TPSA) is 55.2 Å². The van der Waals surface area contributed by atoms with Crippen LogP contribution in [0, 0.1) is 19.8 Å². The van der Waals surface area contributed by atoms with Crippen molar-refractivity contribution in [3.05, 3.63) is 47.3 Å². The van der Waals surface area contributed by atoms with Gasteiger partial charge < -0.3 is 4.90 Å². The number of piperidine rings is 1. The summed E-state index contributed by atoms with van der Waals surface area (Å²) in [4.78, 5) is 27.1. The largest absolute Gasteiger partial charge is 0.336 e. The zero-order chi connectivity index (χ0) is 17.3. The molecule has 1 saturated heterocycles. The van der Waals surface area contributed by atoms with Crippen molar-refractivity contribution in [3.63, 3.8) is 0 Å². The van der Waals surface area contributed by atoms with Crippen LogP contribution in [-0.4, -0.2) is 39.5 Å². The SMILES string of the molecule is Cc1nn(-c2ccccc2)c(C)c1C(=O)C(=O)N1CCCC(C)C1. The van der Waals surface area contributed by atoms with Crippen LogP contribution < -0.4 is 0 Å². The van der Waals surface area contributed by atoms with Crippen LogP contribution in [0.3, 0.4) is 0 Å². The van der Waals surface area contributed by atoms with E-state index in [0.29, 0.717) is 36.0 Å². The third-order valence-electron chi connectivity index (χ3n) is 4.66. The number of carbonyl (C=O) groups is 2. The van der Waals surface area contributed by atoms with Crippen LogP contribution in [0.4, 0.5) is 0 Å². The molecule has 5 nitrogen and oxygen atoms in total. The summed E-state index contributed by atoms with van der Waals surface area (Å²) in [5.41, 5.74) is 2.63. The monoisotopic (exact) mass is 325 g/mol. The van der Waals surface area contributed by atoms with Crippen LogP contribution in [0.1, 0.15) is 41.5 Å². The van der Waals surface area contributed by atoms with E-state index in [2.05, 4.69) is 12.0 Å². The lowest BCUT2D eigenvalue weighted by atomic mass is 9.99. The van der Waals surface area contributed by atoms with E-state index in [1.807, 2.05) is 37.3 Å². The lowest BCUT2D eigenvalue weighted by Gasteiger charge is -2.30. The number of rotatable bonds is 3. The minimum absolute atomic E-state index is 0.402. The number of hydrogen-bond acceptors (Lipinski definition) is 3. The number of ketones is 1. The zero-order valence-electron chi connectivity index (χ0n) is 14.5. The summed E-state index contributed by atoms with van der Waals surface area (Å²) in [5, 5.41) is 4.47. The second-order valence-corrected chi connectivity index (χ2v) is 6.62. The van der Waals surface area contributed by atoms with Crippen LogP contribution >= 0.6 is 0 Å². The second-order valence-electron chi connectivity index (χ2n) is 6.62. The van der Waals surface area contributed by atoms with Crippen LogP contribution in [0.15, 0.2) is 30.3 Å². The molecule has 126 valence electrons. The number of likely N-dealkylation sites (tertiary alicyclic amines) is 1. The average molecular weight is 325 g/mol. The van der Waals surface area contributed by atoms with Crippen molar-refractivity contribution in [1.29, 1.82) is 0 Å². The summed E-state index contributed by atoms with van der Waals surface area (Å²) in [6.07, 6.45) is 2.07. The molecule has 0 bridgehead atoms. The first-order valence-corrected chi connectivity index (χ1v) is 8.44. The van der Waals surface area contributed by atoms with Crippen molar-refractivity contribution >= 4 is 11.7 Å². The van der Waals surface area contributed by atoms with Gasteiger partial charge in [0.2, 0.25) is 0 Å². The Balaban J connectivity index is 1.90. The fourth-order valence-electron chi connectivity index (χ4n) is 3.42. The lowest BCUT2D eigenvalue weighted by Crippen LogP contribution is -2.43. The summed E-state index contributed by atoms with van der Waals surface area (Å²) in [5.74, 6) is -0.397. The van der Waals surface area contributed by atoms with Crippen molar-refractivity contribution in [3.8, 4) is 5.69 Å². The molecule has 24 heavy (non-hydrogen) atoms. The number of carbonyl (C=O) groups excluding carboxylic acids is 2. The van der Waals surface area contributed by atoms with E-state index in [0.717, 1.165) is 18.5 Å². The smallest absolute Gasteiger partial charge is 0.295 e. The maximum atomic E-state index is 12.8. The van der Waals surface area contributed by atoms with Crippen LogP contribution in [0.5, 0.6) is 0 Å². The van der Waals surface area contributed by atoms with E-state index in [-0.39, 0.29) is 0 Å². The first kappa shape index (κ1) is 16.4. The number of nitrogens with zero attached hydrogens (tertiary/aromatic N) is 3. The van der Waals surface area contributed by atoms with Gasteiger partial charge in [0.25, 0.3) is 11.7 Å². The van der Waals surface area contributed by atoms with E-state index < -0.39 is 11.7 Å². The number of amides is 1. The fraction of sp³-hybridized carbons (Fsp3) is 0.421. The highest BCUT2D eigenvalue weighted by molar-refractivity contribution is 6.43. The Labute approximate surface area is 142 Å². The highest BCUT2D eigenvalue weighted by atomic mass is 16.2. The summed E-state index contributed by atoms with van der Waals surface area (Å²) in [7, 11) is 0. The Morgan fingerprint density at radius 3 is 2.54 bits per heavy atom. The van der Waals surface area contributed by atoms with Crippen LogP contribution in [0.25, 0.3) is 5.69 Å². The Morgan fingerprint density at radius 2 is 1.88 bits per heavy atom. The minimum Gasteiger partial charge on any atom is -0.336 e. The van der Waals surface area contributed by atoms with E-state index in [1.54, 1.807) is 16.5 Å². The van der Waals surface area contributed by atoms with Gasteiger partial charge in [0.1, 0.15) is 0 Å². The number of hydrogen-bond donors (Lipinski definition) is 0. The molecule has 1 aliphatic heterocycles. The standard InChI is InChI=1S/C19H23N3O2/c1-13-8-7-11-21(12-13)19(24)18(23)17-14(2)20-22(15(17)3)16-9-5-4-6-10-16/h4-6,9-10,13H,7-8,11-12H2,1-3H3. The van der Waals surface area contributed by atoms with Crippen LogP contribution in [-0.2, 0) is 4.79 Å². The normalized spacial score (nSPS) is 17.8. The lowest BCUT2D eigenvalue weighted by molar-refractivity contribution is -0.128. The third kappa shape index (κ3) is 2.98. The highest BCUT2D eigenvalue weighted by Gasteiger charge is 2.30. The van der Waals surface area contributed by atoms with Gasteiger partial charge >= 0.3 is 0 Å². The molecule has 1 unspecified atom stereocenters. The van der Waals surface area contributed by atoms with Gasteiger partial charge in [-0.2, -0.15) is 5.10 Å². The van der Waals surface area contributed by atoms with E-state index >= 15 is 0 Å². The van der Waals surface area contributed by atoms with Crippen molar-refractivity contribution in [2.45, 2.75) is 33.6 Å². The van der Waals surface area contributed by atoms with Gasteiger partial charge in [-0.3, -0.25) is 9.59 Å². The van der Waals surface area contributed by atoms with Crippen molar-refractivity contribution < 1.29 is 9.59 Å². The molecule has 2 aromatic rings. The molecule has 5 heteroatoms. The van der Waals surface area contributed by atoms with Gasteiger partial charge in [0, 0.05) is 13.1 Å². The van der Waals surface area contributed by atoms with E-state index in [4.69, 9.17) is 0 Å². The molecule has 0 spiro atoms. The van der Waals surface area contributed by atoms with Gasteiger partial charge in [0.05, 0.1) is 22.6 Å². The molecule has 1 fully saturated rings. The van der Waals surface area contributed by atoms with Crippen molar-refractivity contribution in [1.82, 2.24) is 14.7 Å². The van der Waals surface area contributed by atoms with Crippen LogP contribution in [0.2, 0.25) is 0 Å². The minimum atomic E-state index is -0.443. The quantitative estimate of drug-likeness (QED) is 0.644. The molecule has 1 atom stereocenters. The number of Topliss-reactive ketones (excluding diaryl/α,β-unsaturated/α-hetero) is 1. The third-order valence-corrected chi connectivity index (χ3v) is 4.66. The Morgan fingerprint density at radius 1 is 1.17 bits per heavy atom. The molecule has 0 saturated carbocycles. The van der Waals surface area contributed by atoms with Gasteiger partial charge in [-0.1, -0.05) is 25.1 Å². The zero-order valence-corrected chi connectivity index (χ0v) is 14.5. The summed E-state index contributed by atoms with van der Waals surface area (Å²) >= 11 is 0. The first-order chi connectivity index (χ1) is 11.5. The maximum Gasteiger partial charge on any atom is 0.295 e. The molecule has 1 aromatic heterocycles. The molecule has 3 rings (SSSR count). The number of aryl methyl sites for hydroxylation is 1. The fourth-order valence-corrected chi connectivity index (χ4v) is 3.42. The maximum absolute atomic E-state index is 12.8. The summed E-state index contributed by atoms with van der Waals surface area (Å²) < 4.78 is 1.73. The predicted octanol–water partition coefficient (Wildman–Crippen LogP) is 2.93. The highest BCUT2D eigenvalue weighted by Crippen LogP contribution is 2.21. The second kappa shape index (κ2) is 6.59. The molecule has 1 amide bonds. The summed E-state index contributed by atoms with van der Waals surface area (Å²) in [6.45, 7) is 7.07. The molecular formula is C19H23N3O2. The number of aromatic nitrogens is 2. The van der Waals surface area contributed by atoms with Gasteiger partial charge in [-0.05, 0) is 44.7 Å². The molecule has 1 aliphatic rings. The Hall–Kier alpha value is -2.43. The predicted molar refractivity (Wildman–Crippen MR) is 92.3 cm³/mol. The van der Waals surface area contributed by atoms with E-state index in [1.165, 1.54) is 0 Å².